The Morgan fingerprint density at radius 3 is 2.94 bits per heavy atom. The molecule has 1 aliphatic heterocycles. The van der Waals surface area contributed by atoms with Gasteiger partial charge in [0.15, 0.2) is 0 Å². The smallest absolute Gasteiger partial charge is 0.255 e. The van der Waals surface area contributed by atoms with Crippen molar-refractivity contribution >= 4 is 11.6 Å². The Balaban J connectivity index is 1.95. The number of benzene rings is 1. The summed E-state index contributed by atoms with van der Waals surface area (Å²) in [5.41, 5.74) is 1.53. The van der Waals surface area contributed by atoms with E-state index in [1.807, 2.05) is 24.3 Å². The van der Waals surface area contributed by atoms with Gasteiger partial charge >= 0.3 is 0 Å². The molecule has 2 aliphatic rings. The van der Waals surface area contributed by atoms with E-state index in [-0.39, 0.29) is 11.6 Å². The van der Waals surface area contributed by atoms with E-state index in [9.17, 15) is 4.79 Å². The lowest BCUT2D eigenvalue weighted by Gasteiger charge is -2.45. The van der Waals surface area contributed by atoms with E-state index in [1.54, 1.807) is 0 Å². The largest absolute Gasteiger partial charge is 0.362 e. The molecule has 3 nitrogen and oxygen atoms in total. The minimum absolute atomic E-state index is 0.0634. The third kappa shape index (κ3) is 1.79. The van der Waals surface area contributed by atoms with Gasteiger partial charge in [-0.1, -0.05) is 25.5 Å². The Labute approximate surface area is 102 Å². The maximum Gasteiger partial charge on any atom is 0.255 e. The van der Waals surface area contributed by atoms with E-state index >= 15 is 0 Å². The fourth-order valence-corrected chi connectivity index (χ4v) is 3.14. The molecule has 3 heteroatoms. The highest BCUT2D eigenvalue weighted by molar-refractivity contribution is 6.02. The molecule has 2 unspecified atom stereocenters. The van der Waals surface area contributed by atoms with Gasteiger partial charge in [-0.25, -0.2) is 0 Å². The van der Waals surface area contributed by atoms with Crippen LogP contribution in [0.2, 0.25) is 0 Å². The lowest BCUT2D eigenvalue weighted by molar-refractivity contribution is 0.0858. The van der Waals surface area contributed by atoms with Crippen molar-refractivity contribution in [3.8, 4) is 0 Å². The van der Waals surface area contributed by atoms with E-state index < -0.39 is 0 Å². The summed E-state index contributed by atoms with van der Waals surface area (Å²) in [7, 11) is 0. The monoisotopic (exact) mass is 230 g/mol. The summed E-state index contributed by atoms with van der Waals surface area (Å²) < 4.78 is 0. The molecule has 3 rings (SSSR count). The average Bonchev–Trinajstić information content (AvgIpc) is 2.28. The molecular weight excluding hydrogens is 212 g/mol. The van der Waals surface area contributed by atoms with Gasteiger partial charge in [-0.05, 0) is 37.3 Å². The van der Waals surface area contributed by atoms with Crippen molar-refractivity contribution in [3.05, 3.63) is 29.8 Å². The lowest BCUT2D eigenvalue weighted by Crippen LogP contribution is -2.59. The first-order chi connectivity index (χ1) is 8.19. The number of rotatable bonds is 0. The zero-order valence-electron chi connectivity index (χ0n) is 10.1. The molecule has 1 fully saturated rings. The van der Waals surface area contributed by atoms with Crippen LogP contribution >= 0.6 is 0 Å². The number of carbonyl (C=O) groups is 1. The molecule has 2 atom stereocenters. The standard InChI is InChI=1S/C14H18N2O/c1-10-5-4-8-14(9-10)15-12-7-3-2-6-11(12)13(17)16-14/h2-3,6-7,10,15H,4-5,8-9H2,1H3,(H,16,17). The van der Waals surface area contributed by atoms with E-state index in [0.29, 0.717) is 5.92 Å². The quantitative estimate of drug-likeness (QED) is 0.719. The number of amides is 1. The van der Waals surface area contributed by atoms with Crippen LogP contribution in [0.4, 0.5) is 5.69 Å². The minimum Gasteiger partial charge on any atom is -0.362 e. The molecule has 1 aromatic carbocycles. The Kier molecular flexibility index (Phi) is 2.35. The lowest BCUT2D eigenvalue weighted by atomic mass is 9.80. The van der Waals surface area contributed by atoms with E-state index in [0.717, 1.165) is 24.1 Å². The zero-order valence-corrected chi connectivity index (χ0v) is 10.1. The van der Waals surface area contributed by atoms with Crippen LogP contribution in [0.5, 0.6) is 0 Å². The van der Waals surface area contributed by atoms with Gasteiger partial charge in [-0.3, -0.25) is 4.79 Å². The van der Waals surface area contributed by atoms with Gasteiger partial charge in [0, 0.05) is 5.69 Å². The number of hydrogen-bond donors (Lipinski definition) is 2. The Morgan fingerprint density at radius 1 is 1.29 bits per heavy atom. The number of para-hydroxylation sites is 1. The molecule has 1 saturated carbocycles. The first-order valence-electron chi connectivity index (χ1n) is 6.38. The fourth-order valence-electron chi connectivity index (χ4n) is 3.14. The zero-order chi connectivity index (χ0) is 11.9. The highest BCUT2D eigenvalue weighted by atomic mass is 16.2. The second-order valence-electron chi connectivity index (χ2n) is 5.41. The summed E-state index contributed by atoms with van der Waals surface area (Å²) >= 11 is 0. The molecule has 0 aromatic heterocycles. The molecule has 1 spiro atoms. The van der Waals surface area contributed by atoms with Crippen LogP contribution in [0.25, 0.3) is 0 Å². The number of carbonyl (C=O) groups excluding carboxylic acids is 1. The van der Waals surface area contributed by atoms with Gasteiger partial charge in [0.1, 0.15) is 5.66 Å². The van der Waals surface area contributed by atoms with Crippen molar-refractivity contribution in [3.63, 3.8) is 0 Å². The summed E-state index contributed by atoms with van der Waals surface area (Å²) in [6, 6.07) is 7.75. The molecule has 90 valence electrons. The molecule has 0 radical (unpaired) electrons. The normalized spacial score (nSPS) is 31.6. The van der Waals surface area contributed by atoms with Crippen LogP contribution in [0.15, 0.2) is 24.3 Å². The van der Waals surface area contributed by atoms with Crippen molar-refractivity contribution in [1.82, 2.24) is 5.32 Å². The Morgan fingerprint density at radius 2 is 2.12 bits per heavy atom. The average molecular weight is 230 g/mol. The molecule has 0 saturated heterocycles. The van der Waals surface area contributed by atoms with Gasteiger partial charge < -0.3 is 10.6 Å². The molecule has 1 aliphatic carbocycles. The SMILES string of the molecule is CC1CCCC2(C1)NC(=O)c1ccccc1N2. The second kappa shape index (κ2) is 3.76. The van der Waals surface area contributed by atoms with Crippen LogP contribution in [0.3, 0.4) is 0 Å². The summed E-state index contributed by atoms with van der Waals surface area (Å²) in [5, 5.41) is 6.71. The van der Waals surface area contributed by atoms with Crippen LogP contribution in [0.1, 0.15) is 43.0 Å². The molecular formula is C14H18N2O. The fraction of sp³-hybridized carbons (Fsp3) is 0.500. The molecule has 1 heterocycles. The van der Waals surface area contributed by atoms with Gasteiger partial charge in [0.05, 0.1) is 5.56 Å². The molecule has 1 amide bonds. The topological polar surface area (TPSA) is 41.1 Å². The number of nitrogens with one attached hydrogen (secondary N) is 2. The van der Waals surface area contributed by atoms with Crippen LogP contribution in [-0.4, -0.2) is 11.6 Å². The van der Waals surface area contributed by atoms with E-state index in [1.165, 1.54) is 12.8 Å². The van der Waals surface area contributed by atoms with Crippen LogP contribution < -0.4 is 10.6 Å². The van der Waals surface area contributed by atoms with E-state index in [2.05, 4.69) is 17.6 Å². The number of hydrogen-bond acceptors (Lipinski definition) is 2. The third-order valence-electron chi connectivity index (χ3n) is 3.90. The van der Waals surface area contributed by atoms with Crippen molar-refractivity contribution in [2.45, 2.75) is 38.3 Å². The molecule has 2 N–H and O–H groups in total. The minimum atomic E-state index is -0.205. The number of anilines is 1. The van der Waals surface area contributed by atoms with Crippen LogP contribution in [0, 0.1) is 5.92 Å². The van der Waals surface area contributed by atoms with Crippen molar-refractivity contribution in [1.29, 1.82) is 0 Å². The highest BCUT2D eigenvalue weighted by Crippen LogP contribution is 2.36. The summed E-state index contributed by atoms with van der Waals surface area (Å²) in [4.78, 5) is 12.1. The summed E-state index contributed by atoms with van der Waals surface area (Å²) in [6.45, 7) is 2.26. The van der Waals surface area contributed by atoms with Crippen molar-refractivity contribution in [2.24, 2.45) is 5.92 Å². The maximum absolute atomic E-state index is 12.1. The maximum atomic E-state index is 12.1. The second-order valence-corrected chi connectivity index (χ2v) is 5.41. The van der Waals surface area contributed by atoms with Gasteiger partial charge in [-0.15, -0.1) is 0 Å². The van der Waals surface area contributed by atoms with E-state index in [4.69, 9.17) is 0 Å². The predicted octanol–water partition coefficient (Wildman–Crippen LogP) is 2.75. The molecule has 1 aromatic rings. The Hall–Kier alpha value is -1.51. The first kappa shape index (κ1) is 10.6. The van der Waals surface area contributed by atoms with Crippen LogP contribution in [-0.2, 0) is 0 Å². The van der Waals surface area contributed by atoms with Crippen molar-refractivity contribution in [2.75, 3.05) is 5.32 Å². The van der Waals surface area contributed by atoms with Gasteiger partial charge in [0.2, 0.25) is 0 Å². The first-order valence-corrected chi connectivity index (χ1v) is 6.38. The highest BCUT2D eigenvalue weighted by Gasteiger charge is 2.40. The summed E-state index contributed by atoms with van der Waals surface area (Å²) in [6.07, 6.45) is 4.49. The van der Waals surface area contributed by atoms with Gasteiger partial charge in [-0.2, -0.15) is 0 Å². The summed E-state index contributed by atoms with van der Waals surface area (Å²) in [5.74, 6) is 0.732. The Bertz CT molecular complexity index is 457. The van der Waals surface area contributed by atoms with Crippen molar-refractivity contribution < 1.29 is 4.79 Å². The number of fused-ring (bicyclic) bond motifs is 1. The molecule has 17 heavy (non-hydrogen) atoms. The molecule has 0 bridgehead atoms. The van der Waals surface area contributed by atoms with Gasteiger partial charge in [0.25, 0.3) is 5.91 Å². The third-order valence-corrected chi connectivity index (χ3v) is 3.90. The predicted molar refractivity (Wildman–Crippen MR) is 67.9 cm³/mol.